The Morgan fingerprint density at radius 3 is 2.71 bits per heavy atom. The number of benzene rings is 1. The summed E-state index contributed by atoms with van der Waals surface area (Å²) < 4.78 is 5.53. The van der Waals surface area contributed by atoms with Gasteiger partial charge in [-0.05, 0) is 25.1 Å². The van der Waals surface area contributed by atoms with Crippen LogP contribution in [0.15, 0.2) is 36.2 Å². The number of hydrogen-bond donors (Lipinski definition) is 4. The first-order valence-electron chi connectivity index (χ1n) is 6.93. The number of aliphatic hydroxyl groups excluding tert-OH is 1. The largest absolute Gasteiger partial charge is 0.488 e. The molecule has 1 aromatic carbocycles. The predicted octanol–water partition coefficient (Wildman–Crippen LogP) is 2.72. The fraction of sp³-hybridized carbons (Fsp3) is 0.438. The Labute approximate surface area is 126 Å². The van der Waals surface area contributed by atoms with E-state index in [9.17, 15) is 0 Å². The second kappa shape index (κ2) is 7.13. The normalized spacial score (nSPS) is 13.7. The molecule has 0 saturated carbocycles. The highest BCUT2D eigenvalue weighted by atomic mass is 16.5. The molecule has 5 nitrogen and oxygen atoms in total. The first-order valence-corrected chi connectivity index (χ1v) is 6.93. The van der Waals surface area contributed by atoms with Crippen molar-refractivity contribution < 1.29 is 9.84 Å². The van der Waals surface area contributed by atoms with Crippen molar-refractivity contribution in [1.82, 2.24) is 0 Å². The van der Waals surface area contributed by atoms with Crippen molar-refractivity contribution in [2.75, 3.05) is 11.9 Å². The number of hydrogen-bond acceptors (Lipinski definition) is 5. The first kappa shape index (κ1) is 17.0. The molecule has 1 aromatic rings. The van der Waals surface area contributed by atoms with Gasteiger partial charge in [-0.2, -0.15) is 0 Å². The smallest absolute Gasteiger partial charge is 0.121 e. The molecule has 0 fully saturated rings. The van der Waals surface area contributed by atoms with Crippen molar-refractivity contribution in [3.63, 3.8) is 0 Å². The Kier molecular flexibility index (Phi) is 5.79. The fourth-order valence-electron chi connectivity index (χ4n) is 1.49. The molecule has 0 heterocycles. The van der Waals surface area contributed by atoms with Crippen LogP contribution in [0.5, 0.6) is 5.75 Å². The number of ether oxygens (including phenoxy) is 1. The lowest BCUT2D eigenvalue weighted by Crippen LogP contribution is -2.20. The van der Waals surface area contributed by atoms with Gasteiger partial charge in [0.2, 0.25) is 0 Å². The van der Waals surface area contributed by atoms with Gasteiger partial charge in [-0.3, -0.25) is 0 Å². The molecule has 1 atom stereocenters. The highest BCUT2D eigenvalue weighted by molar-refractivity contribution is 5.97. The van der Waals surface area contributed by atoms with E-state index in [-0.39, 0.29) is 18.1 Å². The van der Waals surface area contributed by atoms with Crippen LogP contribution in [0, 0.1) is 10.8 Å². The third-order valence-electron chi connectivity index (χ3n) is 2.82. The van der Waals surface area contributed by atoms with Gasteiger partial charge in [0.15, 0.2) is 0 Å². The van der Waals surface area contributed by atoms with Crippen LogP contribution in [-0.2, 0) is 0 Å². The Hall–Kier alpha value is -2.01. The zero-order valence-electron chi connectivity index (χ0n) is 13.1. The SMILES string of the molecule is C[C@@H](CO)Oc1cccc(N/C(N)=C\C(=N)C(C)(C)C)c1. The van der Waals surface area contributed by atoms with Gasteiger partial charge in [0.25, 0.3) is 0 Å². The quantitative estimate of drug-likeness (QED) is 0.606. The predicted molar refractivity (Wildman–Crippen MR) is 86.7 cm³/mol. The molecular formula is C16H25N3O2. The van der Waals surface area contributed by atoms with Crippen LogP contribution in [0.3, 0.4) is 0 Å². The second-order valence-electron chi connectivity index (χ2n) is 6.03. The minimum Gasteiger partial charge on any atom is -0.488 e. The average molecular weight is 291 g/mol. The van der Waals surface area contributed by atoms with Crippen LogP contribution in [-0.4, -0.2) is 23.5 Å². The molecule has 0 aliphatic carbocycles. The number of aliphatic hydroxyl groups is 1. The minimum absolute atomic E-state index is 0.0392. The van der Waals surface area contributed by atoms with E-state index in [0.717, 1.165) is 5.69 Å². The number of anilines is 1. The van der Waals surface area contributed by atoms with Gasteiger partial charge in [0, 0.05) is 22.9 Å². The van der Waals surface area contributed by atoms with Crippen LogP contribution < -0.4 is 15.8 Å². The number of allylic oxidation sites excluding steroid dienone is 1. The van der Waals surface area contributed by atoms with Gasteiger partial charge >= 0.3 is 0 Å². The van der Waals surface area contributed by atoms with Crippen molar-refractivity contribution in [2.24, 2.45) is 11.1 Å². The molecule has 0 amide bonds. The fourth-order valence-corrected chi connectivity index (χ4v) is 1.49. The summed E-state index contributed by atoms with van der Waals surface area (Å²) in [6.45, 7) is 7.64. The monoisotopic (exact) mass is 291 g/mol. The summed E-state index contributed by atoms with van der Waals surface area (Å²) in [5, 5.41) is 20.0. The third kappa shape index (κ3) is 5.87. The molecule has 116 valence electrons. The molecular weight excluding hydrogens is 266 g/mol. The molecule has 0 spiro atoms. The van der Waals surface area contributed by atoms with E-state index in [1.54, 1.807) is 19.1 Å². The van der Waals surface area contributed by atoms with Gasteiger partial charge in [0.1, 0.15) is 17.7 Å². The molecule has 0 unspecified atom stereocenters. The number of rotatable bonds is 6. The Morgan fingerprint density at radius 2 is 2.14 bits per heavy atom. The maximum atomic E-state index is 8.99. The van der Waals surface area contributed by atoms with Crippen LogP contribution in [0.4, 0.5) is 5.69 Å². The van der Waals surface area contributed by atoms with Crippen LogP contribution in [0.2, 0.25) is 0 Å². The summed E-state index contributed by atoms with van der Waals surface area (Å²) in [7, 11) is 0. The summed E-state index contributed by atoms with van der Waals surface area (Å²) in [4.78, 5) is 0. The first-order chi connectivity index (χ1) is 9.72. The van der Waals surface area contributed by atoms with Crippen LogP contribution >= 0.6 is 0 Å². The topological polar surface area (TPSA) is 91.4 Å². The number of nitrogens with one attached hydrogen (secondary N) is 2. The van der Waals surface area contributed by atoms with Crippen LogP contribution in [0.25, 0.3) is 0 Å². The van der Waals surface area contributed by atoms with E-state index in [1.807, 2.05) is 39.0 Å². The van der Waals surface area contributed by atoms with Crippen molar-refractivity contribution >= 4 is 11.4 Å². The van der Waals surface area contributed by atoms with E-state index in [2.05, 4.69) is 5.32 Å². The van der Waals surface area contributed by atoms with Gasteiger partial charge in [0.05, 0.1) is 6.61 Å². The van der Waals surface area contributed by atoms with Gasteiger partial charge in [-0.25, -0.2) is 0 Å². The molecule has 5 N–H and O–H groups in total. The van der Waals surface area contributed by atoms with E-state index < -0.39 is 0 Å². The summed E-state index contributed by atoms with van der Waals surface area (Å²) in [5.41, 5.74) is 6.89. The highest BCUT2D eigenvalue weighted by Gasteiger charge is 2.15. The summed E-state index contributed by atoms with van der Waals surface area (Å²) in [6, 6.07) is 7.31. The van der Waals surface area contributed by atoms with E-state index in [0.29, 0.717) is 17.3 Å². The lowest BCUT2D eigenvalue weighted by Gasteiger charge is -2.18. The van der Waals surface area contributed by atoms with E-state index >= 15 is 0 Å². The molecule has 5 heteroatoms. The second-order valence-corrected chi connectivity index (χ2v) is 6.03. The number of nitrogens with two attached hydrogens (primary N) is 1. The Bertz CT molecular complexity index is 518. The Balaban J connectivity index is 2.77. The highest BCUT2D eigenvalue weighted by Crippen LogP contribution is 2.20. The zero-order valence-corrected chi connectivity index (χ0v) is 13.1. The van der Waals surface area contributed by atoms with Crippen LogP contribution in [0.1, 0.15) is 27.7 Å². The third-order valence-corrected chi connectivity index (χ3v) is 2.82. The van der Waals surface area contributed by atoms with Crippen molar-refractivity contribution in [2.45, 2.75) is 33.8 Å². The summed E-state index contributed by atoms with van der Waals surface area (Å²) >= 11 is 0. The standard InChI is InChI=1S/C16H25N3O2/c1-11(10-20)21-13-7-5-6-12(8-13)19-15(18)9-14(17)16(2,3)4/h5-9,11,17,19-20H,10,18H2,1-4H3/b15-9-,17-14?/t11-/m0/s1. The summed E-state index contributed by atoms with van der Waals surface area (Å²) in [6.07, 6.45) is 1.35. The van der Waals surface area contributed by atoms with E-state index in [1.165, 1.54) is 0 Å². The lowest BCUT2D eigenvalue weighted by molar-refractivity contribution is 0.130. The average Bonchev–Trinajstić information content (AvgIpc) is 2.37. The molecule has 1 rings (SSSR count). The zero-order chi connectivity index (χ0) is 16.0. The van der Waals surface area contributed by atoms with Gasteiger partial charge in [-0.15, -0.1) is 0 Å². The lowest BCUT2D eigenvalue weighted by atomic mass is 9.90. The van der Waals surface area contributed by atoms with Crippen molar-refractivity contribution in [3.8, 4) is 5.75 Å². The maximum absolute atomic E-state index is 8.99. The van der Waals surface area contributed by atoms with Gasteiger partial charge < -0.3 is 26.3 Å². The van der Waals surface area contributed by atoms with Crippen molar-refractivity contribution in [1.29, 1.82) is 5.41 Å². The van der Waals surface area contributed by atoms with E-state index in [4.69, 9.17) is 21.0 Å². The molecule has 0 aliphatic heterocycles. The van der Waals surface area contributed by atoms with Crippen molar-refractivity contribution in [3.05, 3.63) is 36.2 Å². The Morgan fingerprint density at radius 1 is 1.48 bits per heavy atom. The molecule has 21 heavy (non-hydrogen) atoms. The van der Waals surface area contributed by atoms with Gasteiger partial charge in [-0.1, -0.05) is 26.8 Å². The molecule has 0 bridgehead atoms. The molecule has 0 aromatic heterocycles. The molecule has 0 saturated heterocycles. The summed E-state index contributed by atoms with van der Waals surface area (Å²) in [5.74, 6) is 1.06. The maximum Gasteiger partial charge on any atom is 0.121 e. The molecule has 0 aliphatic rings. The minimum atomic E-state index is -0.262. The molecule has 0 radical (unpaired) electrons.